The fraction of sp³-hybridized carbons (Fsp3) is 0.136. The minimum absolute atomic E-state index is 0.331. The Labute approximate surface area is 151 Å². The van der Waals surface area contributed by atoms with Gasteiger partial charge in [0.2, 0.25) is 5.90 Å². The van der Waals surface area contributed by atoms with E-state index in [4.69, 9.17) is 4.74 Å². The summed E-state index contributed by atoms with van der Waals surface area (Å²) in [6.07, 6.45) is 0. The van der Waals surface area contributed by atoms with Crippen LogP contribution in [0.15, 0.2) is 83.9 Å². The van der Waals surface area contributed by atoms with Crippen molar-refractivity contribution >= 4 is 5.90 Å². The zero-order valence-electron chi connectivity index (χ0n) is 14.6. The van der Waals surface area contributed by atoms with Crippen LogP contribution in [0.4, 0.5) is 8.78 Å². The molecule has 132 valence electrons. The molecule has 4 heteroatoms. The van der Waals surface area contributed by atoms with Gasteiger partial charge in [-0.1, -0.05) is 54.6 Å². The molecule has 0 aromatic heterocycles. The maximum atomic E-state index is 13.6. The van der Waals surface area contributed by atoms with Gasteiger partial charge in [0, 0.05) is 7.05 Å². The van der Waals surface area contributed by atoms with Crippen LogP contribution in [0.5, 0.6) is 0 Å². The van der Waals surface area contributed by atoms with E-state index in [1.54, 1.807) is 38.4 Å². The first kappa shape index (κ1) is 17.8. The Balaban J connectivity index is 2.41. The molecule has 0 amide bonds. The van der Waals surface area contributed by atoms with Crippen LogP contribution in [0, 0.1) is 11.6 Å². The van der Waals surface area contributed by atoms with E-state index in [9.17, 15) is 8.78 Å². The summed E-state index contributed by atoms with van der Waals surface area (Å²) < 4.78 is 32.8. The summed E-state index contributed by atoms with van der Waals surface area (Å²) >= 11 is 0. The van der Waals surface area contributed by atoms with Gasteiger partial charge in [-0.3, -0.25) is 4.99 Å². The molecule has 2 nitrogen and oxygen atoms in total. The summed E-state index contributed by atoms with van der Waals surface area (Å²) in [6, 6.07) is 22.1. The van der Waals surface area contributed by atoms with Crippen LogP contribution < -0.4 is 0 Å². The molecule has 0 aliphatic rings. The molecule has 0 N–H and O–H groups in total. The van der Waals surface area contributed by atoms with E-state index in [1.165, 1.54) is 24.3 Å². The Bertz CT molecular complexity index is 842. The topological polar surface area (TPSA) is 21.6 Å². The Kier molecular flexibility index (Phi) is 5.12. The second-order valence-corrected chi connectivity index (χ2v) is 5.86. The van der Waals surface area contributed by atoms with Crippen molar-refractivity contribution in [2.24, 2.45) is 4.99 Å². The molecule has 0 aliphatic heterocycles. The van der Waals surface area contributed by atoms with E-state index >= 15 is 0 Å². The molecular formula is C22H19F2NO. The summed E-state index contributed by atoms with van der Waals surface area (Å²) in [4.78, 5) is 4.36. The lowest BCUT2D eigenvalue weighted by Gasteiger charge is -2.35. The van der Waals surface area contributed by atoms with Gasteiger partial charge in [0.25, 0.3) is 0 Å². The average molecular weight is 351 g/mol. The van der Waals surface area contributed by atoms with Gasteiger partial charge in [-0.25, -0.2) is 8.78 Å². The fourth-order valence-electron chi connectivity index (χ4n) is 3.37. The molecule has 0 unspecified atom stereocenters. The van der Waals surface area contributed by atoms with Crippen molar-refractivity contribution in [3.8, 4) is 0 Å². The quantitative estimate of drug-likeness (QED) is 0.369. The van der Waals surface area contributed by atoms with Crippen molar-refractivity contribution in [3.63, 3.8) is 0 Å². The molecule has 0 atom stereocenters. The molecule has 3 aromatic rings. The molecule has 0 heterocycles. The summed E-state index contributed by atoms with van der Waals surface area (Å²) in [5.74, 6) is -0.230. The van der Waals surface area contributed by atoms with Gasteiger partial charge in [-0.15, -0.1) is 0 Å². The van der Waals surface area contributed by atoms with Gasteiger partial charge in [0.05, 0.1) is 7.11 Å². The van der Waals surface area contributed by atoms with Crippen LogP contribution in [0.2, 0.25) is 0 Å². The number of aliphatic imine (C=N–C) groups is 1. The summed E-state index contributed by atoms with van der Waals surface area (Å²) in [5, 5.41) is 0. The Morgan fingerprint density at radius 3 is 1.54 bits per heavy atom. The number of ether oxygens (including phenoxy) is 1. The molecule has 0 radical (unpaired) electrons. The molecule has 0 aliphatic carbocycles. The zero-order valence-corrected chi connectivity index (χ0v) is 14.6. The monoisotopic (exact) mass is 351 g/mol. The second-order valence-electron chi connectivity index (χ2n) is 5.86. The van der Waals surface area contributed by atoms with Crippen LogP contribution in [0.3, 0.4) is 0 Å². The SMILES string of the molecule is CN=C(OC)C(c1ccccc1)(c1ccc(F)cc1)c1ccc(F)cc1. The molecular weight excluding hydrogens is 332 g/mol. The van der Waals surface area contributed by atoms with E-state index < -0.39 is 5.41 Å². The van der Waals surface area contributed by atoms with Crippen molar-refractivity contribution in [1.29, 1.82) is 0 Å². The van der Waals surface area contributed by atoms with E-state index in [-0.39, 0.29) is 11.6 Å². The highest BCUT2D eigenvalue weighted by atomic mass is 19.1. The van der Waals surface area contributed by atoms with Crippen LogP contribution in [0.25, 0.3) is 0 Å². The van der Waals surface area contributed by atoms with Crippen LogP contribution in [0.1, 0.15) is 16.7 Å². The Morgan fingerprint density at radius 1 is 0.731 bits per heavy atom. The molecule has 0 saturated carbocycles. The smallest absolute Gasteiger partial charge is 0.202 e. The number of hydrogen-bond acceptors (Lipinski definition) is 2. The van der Waals surface area contributed by atoms with Crippen molar-refractivity contribution in [1.82, 2.24) is 0 Å². The third-order valence-electron chi connectivity index (χ3n) is 4.48. The van der Waals surface area contributed by atoms with E-state index in [0.29, 0.717) is 5.90 Å². The molecule has 3 aromatic carbocycles. The van der Waals surface area contributed by atoms with Crippen LogP contribution in [-0.4, -0.2) is 20.1 Å². The first-order valence-electron chi connectivity index (χ1n) is 8.21. The van der Waals surface area contributed by atoms with Gasteiger partial charge in [0.15, 0.2) is 0 Å². The van der Waals surface area contributed by atoms with Crippen molar-refractivity contribution in [3.05, 3.63) is 107 Å². The van der Waals surface area contributed by atoms with Crippen molar-refractivity contribution in [2.75, 3.05) is 14.2 Å². The number of benzene rings is 3. The summed E-state index contributed by atoms with van der Waals surface area (Å²) in [7, 11) is 3.19. The summed E-state index contributed by atoms with van der Waals surface area (Å²) in [5.41, 5.74) is 1.52. The van der Waals surface area contributed by atoms with Crippen molar-refractivity contribution in [2.45, 2.75) is 5.41 Å². The molecule has 0 saturated heterocycles. The van der Waals surface area contributed by atoms with Gasteiger partial charge in [-0.2, -0.15) is 0 Å². The second kappa shape index (κ2) is 7.48. The molecule has 0 fully saturated rings. The normalized spacial score (nSPS) is 12.1. The van der Waals surface area contributed by atoms with E-state index in [2.05, 4.69) is 4.99 Å². The van der Waals surface area contributed by atoms with E-state index in [0.717, 1.165) is 16.7 Å². The van der Waals surface area contributed by atoms with Crippen LogP contribution in [-0.2, 0) is 10.2 Å². The number of nitrogens with zero attached hydrogens (tertiary/aromatic N) is 1. The highest BCUT2D eigenvalue weighted by Gasteiger charge is 2.42. The first-order valence-corrected chi connectivity index (χ1v) is 8.21. The molecule has 0 spiro atoms. The number of hydrogen-bond donors (Lipinski definition) is 0. The zero-order chi connectivity index (χ0) is 18.6. The number of rotatable bonds is 4. The lowest BCUT2D eigenvalue weighted by molar-refractivity contribution is 0.371. The number of halogens is 2. The molecule has 26 heavy (non-hydrogen) atoms. The predicted molar refractivity (Wildman–Crippen MR) is 99.5 cm³/mol. The molecule has 0 bridgehead atoms. The first-order chi connectivity index (χ1) is 12.6. The third-order valence-corrected chi connectivity index (χ3v) is 4.48. The third kappa shape index (κ3) is 2.99. The minimum Gasteiger partial charge on any atom is -0.483 e. The fourth-order valence-corrected chi connectivity index (χ4v) is 3.37. The highest BCUT2D eigenvalue weighted by molar-refractivity contribution is 5.96. The van der Waals surface area contributed by atoms with Gasteiger partial charge < -0.3 is 4.74 Å². The Hall–Kier alpha value is -3.01. The lowest BCUT2D eigenvalue weighted by Crippen LogP contribution is -2.39. The maximum Gasteiger partial charge on any atom is 0.202 e. The van der Waals surface area contributed by atoms with Gasteiger partial charge in [0.1, 0.15) is 17.0 Å². The summed E-state index contributed by atoms with van der Waals surface area (Å²) in [6.45, 7) is 0. The predicted octanol–water partition coefficient (Wildman–Crippen LogP) is 4.97. The Morgan fingerprint density at radius 2 is 1.15 bits per heavy atom. The number of methoxy groups -OCH3 is 1. The maximum absolute atomic E-state index is 13.6. The standard InChI is InChI=1S/C22H19F2NO/c1-25-21(26-2)22(16-6-4-3-5-7-16,17-8-12-19(23)13-9-17)18-10-14-20(24)15-11-18/h3-15H,1-2H3. The average Bonchev–Trinajstić information content (AvgIpc) is 2.68. The van der Waals surface area contributed by atoms with Gasteiger partial charge >= 0.3 is 0 Å². The van der Waals surface area contributed by atoms with E-state index in [1.807, 2.05) is 30.3 Å². The minimum atomic E-state index is -0.924. The molecule has 3 rings (SSSR count). The van der Waals surface area contributed by atoms with Crippen LogP contribution >= 0.6 is 0 Å². The lowest BCUT2D eigenvalue weighted by atomic mass is 9.69. The van der Waals surface area contributed by atoms with Gasteiger partial charge in [-0.05, 0) is 41.0 Å². The largest absolute Gasteiger partial charge is 0.483 e. The van der Waals surface area contributed by atoms with Crippen molar-refractivity contribution < 1.29 is 13.5 Å². The highest BCUT2D eigenvalue weighted by Crippen LogP contribution is 2.41.